The molecule has 1 aliphatic carbocycles. The van der Waals surface area contributed by atoms with Crippen LogP contribution in [0.25, 0.3) is 0 Å². The average molecular weight is 327 g/mol. The summed E-state index contributed by atoms with van der Waals surface area (Å²) in [6.45, 7) is 1.90. The van der Waals surface area contributed by atoms with Crippen molar-refractivity contribution in [1.29, 1.82) is 0 Å². The molecule has 1 aromatic heterocycles. The second-order valence-electron chi connectivity index (χ2n) is 6.48. The minimum atomic E-state index is -0.237. The number of hydrogen-bond acceptors (Lipinski definition) is 5. The van der Waals surface area contributed by atoms with Crippen LogP contribution in [0.5, 0.6) is 0 Å². The van der Waals surface area contributed by atoms with Gasteiger partial charge in [0.15, 0.2) is 5.69 Å². The van der Waals surface area contributed by atoms with Gasteiger partial charge in [-0.15, -0.1) is 0 Å². The third kappa shape index (κ3) is 3.14. The molecular weight excluding hydrogens is 306 g/mol. The summed E-state index contributed by atoms with van der Waals surface area (Å²) in [5.74, 6) is 1.03. The first-order valence-electron chi connectivity index (χ1n) is 8.38. The molecule has 2 heterocycles. The number of nitrogens with zero attached hydrogens (tertiary/aromatic N) is 2. The average Bonchev–Trinajstić information content (AvgIpc) is 3.14. The Kier molecular flexibility index (Phi) is 3.98. The van der Waals surface area contributed by atoms with Gasteiger partial charge in [0.05, 0.1) is 6.10 Å². The molecule has 2 aliphatic rings. The number of ether oxygens (including phenoxy) is 1. The van der Waals surface area contributed by atoms with Gasteiger partial charge in [-0.3, -0.25) is 4.79 Å². The van der Waals surface area contributed by atoms with Crippen LogP contribution in [0.2, 0.25) is 0 Å². The van der Waals surface area contributed by atoms with E-state index >= 15 is 0 Å². The third-order valence-electron chi connectivity index (χ3n) is 4.71. The molecule has 6 heteroatoms. The number of benzene rings is 1. The smallest absolute Gasteiger partial charge is 0.277 e. The van der Waals surface area contributed by atoms with Gasteiger partial charge in [-0.05, 0) is 43.5 Å². The van der Waals surface area contributed by atoms with Gasteiger partial charge in [-0.1, -0.05) is 5.16 Å². The van der Waals surface area contributed by atoms with Gasteiger partial charge in [0.1, 0.15) is 5.76 Å². The summed E-state index contributed by atoms with van der Waals surface area (Å²) < 4.78 is 10.6. The summed E-state index contributed by atoms with van der Waals surface area (Å²) in [5.41, 5.74) is 2.23. The van der Waals surface area contributed by atoms with Crippen LogP contribution in [0.15, 0.2) is 34.9 Å². The van der Waals surface area contributed by atoms with Gasteiger partial charge < -0.3 is 19.5 Å². The van der Waals surface area contributed by atoms with E-state index in [4.69, 9.17) is 9.26 Å². The van der Waals surface area contributed by atoms with E-state index in [0.29, 0.717) is 17.7 Å². The molecule has 2 aromatic rings. The Hall–Kier alpha value is -2.34. The Balaban J connectivity index is 1.38. The fourth-order valence-electron chi connectivity index (χ4n) is 3.06. The number of anilines is 2. The minimum Gasteiger partial charge on any atom is -0.380 e. The number of carbonyl (C=O) groups is 1. The normalized spacial score (nSPS) is 20.4. The van der Waals surface area contributed by atoms with E-state index in [0.717, 1.165) is 49.5 Å². The lowest BCUT2D eigenvalue weighted by atomic mass is 10.2. The molecule has 1 amide bonds. The van der Waals surface area contributed by atoms with Crippen molar-refractivity contribution in [3.8, 4) is 0 Å². The van der Waals surface area contributed by atoms with Crippen molar-refractivity contribution in [3.63, 3.8) is 0 Å². The van der Waals surface area contributed by atoms with Gasteiger partial charge in [-0.25, -0.2) is 0 Å². The highest BCUT2D eigenvalue weighted by Gasteiger charge is 2.29. The Morgan fingerprint density at radius 1 is 1.29 bits per heavy atom. The van der Waals surface area contributed by atoms with E-state index in [1.165, 1.54) is 0 Å². The summed E-state index contributed by atoms with van der Waals surface area (Å²) in [6.07, 6.45) is 3.60. The van der Waals surface area contributed by atoms with Crippen molar-refractivity contribution in [3.05, 3.63) is 41.8 Å². The first kappa shape index (κ1) is 15.2. The number of hydrogen-bond donors (Lipinski definition) is 1. The van der Waals surface area contributed by atoms with Gasteiger partial charge in [-0.2, -0.15) is 0 Å². The number of amides is 1. The lowest BCUT2D eigenvalue weighted by molar-refractivity contribution is 0.101. The summed E-state index contributed by atoms with van der Waals surface area (Å²) in [4.78, 5) is 14.5. The van der Waals surface area contributed by atoms with Crippen LogP contribution < -0.4 is 10.2 Å². The van der Waals surface area contributed by atoms with E-state index in [1.54, 1.807) is 13.2 Å². The van der Waals surface area contributed by atoms with Crippen LogP contribution in [-0.4, -0.2) is 37.4 Å². The molecule has 1 saturated heterocycles. The van der Waals surface area contributed by atoms with Crippen LogP contribution in [0.4, 0.5) is 11.4 Å². The van der Waals surface area contributed by atoms with E-state index in [2.05, 4.69) is 15.4 Å². The molecule has 1 saturated carbocycles. The van der Waals surface area contributed by atoms with Crippen molar-refractivity contribution in [1.82, 2.24) is 5.16 Å². The van der Waals surface area contributed by atoms with Crippen molar-refractivity contribution < 1.29 is 14.1 Å². The molecule has 2 fully saturated rings. The van der Waals surface area contributed by atoms with Crippen LogP contribution in [0.3, 0.4) is 0 Å². The summed E-state index contributed by atoms with van der Waals surface area (Å²) in [6, 6.07) is 9.61. The molecule has 0 spiro atoms. The number of nitrogens with one attached hydrogen (secondary N) is 1. The predicted octanol–water partition coefficient (Wildman–Crippen LogP) is 3.03. The van der Waals surface area contributed by atoms with Crippen molar-refractivity contribution in [2.75, 3.05) is 30.4 Å². The molecular formula is C18H21N3O3. The summed E-state index contributed by atoms with van der Waals surface area (Å²) >= 11 is 0. The SMILES string of the molecule is CO[C@@H]1CCN(c2ccc(NC(=O)c3cc(C4CC4)on3)cc2)C1. The Morgan fingerprint density at radius 3 is 2.75 bits per heavy atom. The highest BCUT2D eigenvalue weighted by molar-refractivity contribution is 6.02. The fourth-order valence-corrected chi connectivity index (χ4v) is 3.06. The van der Waals surface area contributed by atoms with Crippen molar-refractivity contribution in [2.24, 2.45) is 0 Å². The number of aromatic nitrogens is 1. The molecule has 6 nitrogen and oxygen atoms in total. The van der Waals surface area contributed by atoms with Gasteiger partial charge in [0.2, 0.25) is 0 Å². The Labute approximate surface area is 140 Å². The van der Waals surface area contributed by atoms with Crippen LogP contribution in [0, 0.1) is 0 Å². The van der Waals surface area contributed by atoms with E-state index in [-0.39, 0.29) is 5.91 Å². The van der Waals surface area contributed by atoms with Crippen LogP contribution in [0.1, 0.15) is 41.4 Å². The van der Waals surface area contributed by atoms with E-state index in [9.17, 15) is 4.79 Å². The molecule has 1 aliphatic heterocycles. The standard InChI is InChI=1S/C18H21N3O3/c1-23-15-8-9-21(11-15)14-6-4-13(5-7-14)19-18(22)16-10-17(24-20-16)12-2-3-12/h4-7,10,12,15H,2-3,8-9,11H2,1H3,(H,19,22)/t15-/m1/s1. The van der Waals surface area contributed by atoms with E-state index < -0.39 is 0 Å². The number of methoxy groups -OCH3 is 1. The van der Waals surface area contributed by atoms with Crippen LogP contribution >= 0.6 is 0 Å². The Morgan fingerprint density at radius 2 is 2.08 bits per heavy atom. The van der Waals surface area contributed by atoms with Gasteiger partial charge in [0, 0.05) is 43.6 Å². The first-order chi connectivity index (χ1) is 11.7. The highest BCUT2D eigenvalue weighted by Crippen LogP contribution is 2.40. The molecule has 126 valence electrons. The molecule has 24 heavy (non-hydrogen) atoms. The van der Waals surface area contributed by atoms with E-state index in [1.807, 2.05) is 24.3 Å². The van der Waals surface area contributed by atoms with Crippen molar-refractivity contribution >= 4 is 17.3 Å². The largest absolute Gasteiger partial charge is 0.380 e. The zero-order valence-electron chi connectivity index (χ0n) is 13.7. The second-order valence-corrected chi connectivity index (χ2v) is 6.48. The third-order valence-corrected chi connectivity index (χ3v) is 4.71. The quantitative estimate of drug-likeness (QED) is 0.914. The molecule has 1 aromatic carbocycles. The van der Waals surface area contributed by atoms with Crippen LogP contribution in [-0.2, 0) is 4.74 Å². The number of rotatable bonds is 5. The maximum Gasteiger partial charge on any atom is 0.277 e. The molecule has 0 radical (unpaired) electrons. The predicted molar refractivity (Wildman–Crippen MR) is 90.5 cm³/mol. The Bertz CT molecular complexity index is 721. The maximum absolute atomic E-state index is 12.2. The summed E-state index contributed by atoms with van der Waals surface area (Å²) in [7, 11) is 1.76. The second kappa shape index (κ2) is 6.28. The molecule has 4 rings (SSSR count). The minimum absolute atomic E-state index is 0.237. The molecule has 0 unspecified atom stereocenters. The summed E-state index contributed by atoms with van der Waals surface area (Å²) in [5, 5.41) is 6.73. The lowest BCUT2D eigenvalue weighted by Crippen LogP contribution is -2.22. The lowest BCUT2D eigenvalue weighted by Gasteiger charge is -2.18. The zero-order chi connectivity index (χ0) is 16.5. The van der Waals surface area contributed by atoms with Gasteiger partial charge in [0.25, 0.3) is 5.91 Å². The van der Waals surface area contributed by atoms with Gasteiger partial charge >= 0.3 is 0 Å². The molecule has 1 N–H and O–H groups in total. The fraction of sp³-hybridized carbons (Fsp3) is 0.444. The maximum atomic E-state index is 12.2. The first-order valence-corrected chi connectivity index (χ1v) is 8.38. The van der Waals surface area contributed by atoms with Crippen molar-refractivity contribution in [2.45, 2.75) is 31.3 Å². The molecule has 1 atom stereocenters. The monoisotopic (exact) mass is 327 g/mol. The topological polar surface area (TPSA) is 67.6 Å². The molecule has 0 bridgehead atoms. The highest BCUT2D eigenvalue weighted by atomic mass is 16.5. The zero-order valence-corrected chi connectivity index (χ0v) is 13.7. The number of carbonyl (C=O) groups excluding carboxylic acids is 1.